The maximum atomic E-state index is 15.5. The third kappa shape index (κ3) is 10.8. The van der Waals surface area contributed by atoms with Crippen LogP contribution in [0.1, 0.15) is 11.1 Å². The van der Waals surface area contributed by atoms with Crippen LogP contribution in [0.3, 0.4) is 0 Å². The fourth-order valence-electron chi connectivity index (χ4n) is 3.48. The van der Waals surface area contributed by atoms with Crippen LogP contribution >= 0.6 is 34.8 Å². The average Bonchev–Trinajstić information content (AvgIpc) is 3.01. The number of ether oxygens (including phenoxy) is 2. The van der Waals surface area contributed by atoms with Crippen LogP contribution in [0.2, 0.25) is 15.1 Å². The van der Waals surface area contributed by atoms with Gasteiger partial charge in [0, 0.05) is 12.2 Å². The minimum absolute atomic E-state index is 0.0390. The lowest BCUT2D eigenvalue weighted by Gasteiger charge is -2.27. The molecule has 0 aromatic heterocycles. The van der Waals surface area contributed by atoms with Crippen molar-refractivity contribution in [3.63, 3.8) is 0 Å². The van der Waals surface area contributed by atoms with E-state index in [9.17, 15) is 18.0 Å². The molecule has 0 saturated heterocycles. The van der Waals surface area contributed by atoms with Gasteiger partial charge in [-0.05, 0) is 35.4 Å². The van der Waals surface area contributed by atoms with Crippen molar-refractivity contribution in [2.45, 2.75) is 23.3 Å². The highest BCUT2D eigenvalue weighted by molar-refractivity contribution is 7.87. The van der Waals surface area contributed by atoms with Gasteiger partial charge < -0.3 is 14.3 Å². The lowest BCUT2D eigenvalue weighted by molar-refractivity contribution is -0.155. The predicted octanol–water partition coefficient (Wildman–Crippen LogP) is 6.57. The Bertz CT molecular complexity index is 1620. The summed E-state index contributed by atoms with van der Waals surface area (Å²) in [4.78, 5) is 29.2. The van der Waals surface area contributed by atoms with Crippen molar-refractivity contribution in [2.75, 3.05) is 13.7 Å². The van der Waals surface area contributed by atoms with Crippen LogP contribution in [0, 0.1) is 0 Å². The molecule has 0 aliphatic heterocycles. The number of carbonyl (C=O) groups excluding carboxylic acids is 2. The number of hydrogen-bond acceptors (Lipinski definition) is 9. The SMILES string of the molecule is CON=C[C@@H](F)[C@H](OC(=O)/C=C/c1ccccc1)[C@@H](COC(=O)/C=C/c1ccccc1)OS(=O)(=O)c1cc(Cl)c(Cl)cc1Cl. The van der Waals surface area contributed by atoms with E-state index in [2.05, 4.69) is 9.99 Å². The second-order valence-electron chi connectivity index (χ2n) is 8.69. The molecule has 0 unspecified atom stereocenters. The number of halogens is 4. The van der Waals surface area contributed by atoms with E-state index in [1.807, 2.05) is 0 Å². The van der Waals surface area contributed by atoms with E-state index in [0.717, 1.165) is 31.4 Å². The van der Waals surface area contributed by atoms with Gasteiger partial charge >= 0.3 is 11.9 Å². The summed E-state index contributed by atoms with van der Waals surface area (Å²) in [5.41, 5.74) is 1.30. The first-order valence-corrected chi connectivity index (χ1v) is 15.2. The van der Waals surface area contributed by atoms with Crippen molar-refractivity contribution in [3.8, 4) is 0 Å². The third-order valence-electron chi connectivity index (χ3n) is 5.55. The second kappa shape index (κ2) is 16.9. The van der Waals surface area contributed by atoms with E-state index >= 15 is 4.39 Å². The summed E-state index contributed by atoms with van der Waals surface area (Å²) in [5.74, 6) is -2.00. The van der Waals surface area contributed by atoms with Crippen molar-refractivity contribution in [1.29, 1.82) is 0 Å². The molecular formula is C30H25Cl3FNO8S. The van der Waals surface area contributed by atoms with E-state index in [0.29, 0.717) is 17.3 Å². The smallest absolute Gasteiger partial charge is 0.331 e. The van der Waals surface area contributed by atoms with Crippen LogP contribution in [0.25, 0.3) is 12.2 Å². The quantitative estimate of drug-likeness (QED) is 0.0467. The molecule has 0 fully saturated rings. The predicted molar refractivity (Wildman–Crippen MR) is 166 cm³/mol. The topological polar surface area (TPSA) is 118 Å². The van der Waals surface area contributed by atoms with Gasteiger partial charge in [-0.25, -0.2) is 14.0 Å². The van der Waals surface area contributed by atoms with Gasteiger partial charge in [-0.3, -0.25) is 4.18 Å². The fraction of sp³-hybridized carbons (Fsp3) is 0.167. The first-order valence-electron chi connectivity index (χ1n) is 12.6. The van der Waals surface area contributed by atoms with E-state index in [1.165, 1.54) is 12.2 Å². The molecule has 0 spiro atoms. The van der Waals surface area contributed by atoms with Crippen molar-refractivity contribution < 1.29 is 40.9 Å². The summed E-state index contributed by atoms with van der Waals surface area (Å²) in [5, 5.41) is 2.77. The minimum atomic E-state index is -4.86. The molecule has 0 radical (unpaired) electrons. The Morgan fingerprint density at radius 2 is 1.41 bits per heavy atom. The van der Waals surface area contributed by atoms with Crippen molar-refractivity contribution in [3.05, 3.63) is 111 Å². The number of alkyl halides is 1. The summed E-state index contributed by atoms with van der Waals surface area (Å²) in [6, 6.07) is 19.4. The number of rotatable bonds is 14. The van der Waals surface area contributed by atoms with Crippen molar-refractivity contribution in [2.24, 2.45) is 5.16 Å². The minimum Gasteiger partial charge on any atom is -0.460 e. The van der Waals surface area contributed by atoms with E-state index < -0.39 is 51.9 Å². The molecular weight excluding hydrogens is 660 g/mol. The molecule has 3 rings (SSSR count). The summed E-state index contributed by atoms with van der Waals surface area (Å²) >= 11 is 18.0. The van der Waals surface area contributed by atoms with E-state index in [-0.39, 0.29) is 15.1 Å². The fourth-order valence-corrected chi connectivity index (χ4v) is 5.53. The molecule has 232 valence electrons. The van der Waals surface area contributed by atoms with Crippen LogP contribution in [0.5, 0.6) is 0 Å². The number of carbonyl (C=O) groups is 2. The number of benzene rings is 3. The number of oxime groups is 1. The van der Waals surface area contributed by atoms with Gasteiger partial charge in [0.1, 0.15) is 18.6 Å². The molecule has 3 aromatic carbocycles. The molecule has 44 heavy (non-hydrogen) atoms. The van der Waals surface area contributed by atoms with Crippen LogP contribution in [-0.4, -0.2) is 58.7 Å². The zero-order valence-corrected chi connectivity index (χ0v) is 26.0. The van der Waals surface area contributed by atoms with Crippen molar-refractivity contribution in [1.82, 2.24) is 0 Å². The van der Waals surface area contributed by atoms with Gasteiger partial charge in [0.05, 0.1) is 21.3 Å². The van der Waals surface area contributed by atoms with Gasteiger partial charge in [-0.15, -0.1) is 0 Å². The van der Waals surface area contributed by atoms with Gasteiger partial charge in [-0.2, -0.15) is 8.42 Å². The molecule has 0 bridgehead atoms. The highest BCUT2D eigenvalue weighted by atomic mass is 35.5. The Labute approximate surface area is 268 Å². The van der Waals surface area contributed by atoms with Crippen LogP contribution in [0.4, 0.5) is 4.39 Å². The highest BCUT2D eigenvalue weighted by Gasteiger charge is 2.38. The zero-order valence-electron chi connectivity index (χ0n) is 22.9. The van der Waals surface area contributed by atoms with Crippen LogP contribution in [-0.2, 0) is 38.2 Å². The Balaban J connectivity index is 1.94. The van der Waals surface area contributed by atoms with Gasteiger partial charge in [0.2, 0.25) is 0 Å². The molecule has 0 amide bonds. The Hall–Kier alpha value is -3.74. The molecule has 3 aromatic rings. The lowest BCUT2D eigenvalue weighted by atomic mass is 10.1. The molecule has 3 atom stereocenters. The molecule has 14 heteroatoms. The zero-order chi connectivity index (χ0) is 32.1. The molecule has 9 nitrogen and oxygen atoms in total. The third-order valence-corrected chi connectivity index (χ3v) is 8.07. The van der Waals surface area contributed by atoms with Gasteiger partial charge in [-0.1, -0.05) is 101 Å². The van der Waals surface area contributed by atoms with Gasteiger partial charge in [0.15, 0.2) is 18.4 Å². The van der Waals surface area contributed by atoms with Crippen LogP contribution in [0.15, 0.2) is 95.0 Å². The largest absolute Gasteiger partial charge is 0.460 e. The monoisotopic (exact) mass is 683 g/mol. The van der Waals surface area contributed by atoms with Crippen molar-refractivity contribution >= 4 is 75.2 Å². The molecule has 0 heterocycles. The maximum Gasteiger partial charge on any atom is 0.331 e. The van der Waals surface area contributed by atoms with E-state index in [4.69, 9.17) is 48.5 Å². The van der Waals surface area contributed by atoms with Gasteiger partial charge in [0.25, 0.3) is 10.1 Å². The summed E-state index contributed by atoms with van der Waals surface area (Å²) < 4.78 is 57.9. The normalized spacial score (nSPS) is 14.0. The molecule has 0 aliphatic rings. The molecule has 0 saturated carbocycles. The number of nitrogens with zero attached hydrogens (tertiary/aromatic N) is 1. The average molecular weight is 685 g/mol. The first kappa shape index (κ1) is 34.7. The summed E-state index contributed by atoms with van der Waals surface area (Å²) in [7, 11) is -3.72. The molecule has 0 N–H and O–H groups in total. The Morgan fingerprint density at radius 1 is 0.864 bits per heavy atom. The summed E-state index contributed by atoms with van der Waals surface area (Å²) in [6.45, 7) is -0.891. The summed E-state index contributed by atoms with van der Waals surface area (Å²) in [6.07, 6.45) is -0.752. The number of esters is 2. The van der Waals surface area contributed by atoms with E-state index in [1.54, 1.807) is 60.7 Å². The molecule has 0 aliphatic carbocycles. The maximum absolute atomic E-state index is 15.5. The van der Waals surface area contributed by atoms with Crippen LogP contribution < -0.4 is 0 Å². The number of hydrogen-bond donors (Lipinski definition) is 0. The lowest BCUT2D eigenvalue weighted by Crippen LogP contribution is -2.45. The standard InChI is InChI=1S/C30H25Cl3FNO8S/c1-40-35-18-25(34)30(42-29(37)15-13-21-10-6-3-7-11-21)26(19-41-28(36)14-12-20-8-4-2-5-9-20)43-44(38,39)27-17-23(32)22(31)16-24(27)33/h2-18,25-26,30H,19H2,1H3/b14-12+,15-13+,35-18?/t25-,26-,30+/m1/s1. The highest BCUT2D eigenvalue weighted by Crippen LogP contribution is 2.33. The Morgan fingerprint density at radius 3 is 1.98 bits per heavy atom. The Kier molecular flexibility index (Phi) is 13.4. The first-order chi connectivity index (χ1) is 21.0. The second-order valence-corrected chi connectivity index (χ2v) is 11.4.